The molecule has 1 aromatic rings. The number of amides is 1. The maximum atomic E-state index is 10.7. The molecule has 0 N–H and O–H groups in total. The minimum Gasteiger partial charge on any atom is -0.278 e. The van der Waals surface area contributed by atoms with Gasteiger partial charge in [-0.2, -0.15) is 0 Å². The maximum Gasteiger partial charge on any atom is 0.219 e. The molecule has 0 heterocycles. The Morgan fingerprint density at radius 2 is 2.08 bits per heavy atom. The number of hydrogen-bond acceptors (Lipinski definition) is 3. The molecule has 0 fully saturated rings. The van der Waals surface area contributed by atoms with Crippen LogP contribution in [0.3, 0.4) is 0 Å². The summed E-state index contributed by atoms with van der Waals surface area (Å²) in [5, 5.41) is 0. The Kier molecular flexibility index (Phi) is 3.92. The molecule has 4 heteroatoms. The van der Waals surface area contributed by atoms with Gasteiger partial charge in [0.25, 0.3) is 0 Å². The molecule has 2 nitrogen and oxygen atoms in total. The number of hydrogen-bond donors (Lipinski definition) is 0. The van der Waals surface area contributed by atoms with Crippen molar-refractivity contribution in [2.75, 3.05) is 11.2 Å². The fraction of sp³-hybridized carbons (Fsp3) is 0.111. The Hall–Kier alpha value is -0.870. The van der Waals surface area contributed by atoms with E-state index in [0.29, 0.717) is 4.32 Å². The van der Waals surface area contributed by atoms with Gasteiger partial charge < -0.3 is 0 Å². The minimum atomic E-state index is 0.557. The lowest BCUT2D eigenvalue weighted by Crippen LogP contribution is -2.24. The molecule has 1 rings (SSSR count). The van der Waals surface area contributed by atoms with Crippen LogP contribution in [0.1, 0.15) is 0 Å². The first kappa shape index (κ1) is 10.2. The van der Waals surface area contributed by atoms with Crippen LogP contribution in [0.4, 0.5) is 5.69 Å². The quantitative estimate of drug-likeness (QED) is 0.553. The minimum absolute atomic E-state index is 0.557. The highest BCUT2D eigenvalue weighted by atomic mass is 32.2. The Morgan fingerprint density at radius 3 is 2.54 bits per heavy atom. The average Bonchev–Trinajstić information content (AvgIpc) is 2.20. The summed E-state index contributed by atoms with van der Waals surface area (Å²) in [6, 6.07) is 9.33. The summed E-state index contributed by atoms with van der Waals surface area (Å²) in [5.74, 6) is 0. The number of benzene rings is 1. The molecule has 1 amide bonds. The molecule has 0 spiro atoms. The summed E-state index contributed by atoms with van der Waals surface area (Å²) in [6.45, 7) is 0. The van der Waals surface area contributed by atoms with Crippen molar-refractivity contribution in [3.8, 4) is 0 Å². The standard InChI is InChI=1S/C9H9NOS2/c1-13-9(12)10(7-11)8-5-3-2-4-6-8/h2-7H,1H3. The summed E-state index contributed by atoms with van der Waals surface area (Å²) in [5.41, 5.74) is 0.803. The van der Waals surface area contributed by atoms with Crippen molar-refractivity contribution in [1.82, 2.24) is 0 Å². The Balaban J connectivity index is 2.91. The lowest BCUT2D eigenvalue weighted by molar-refractivity contribution is -0.106. The number of para-hydroxylation sites is 1. The van der Waals surface area contributed by atoms with Crippen molar-refractivity contribution in [2.24, 2.45) is 0 Å². The van der Waals surface area contributed by atoms with Crippen LogP contribution in [-0.2, 0) is 4.79 Å². The molecule has 0 atom stereocenters. The van der Waals surface area contributed by atoms with Crippen molar-refractivity contribution in [1.29, 1.82) is 0 Å². The van der Waals surface area contributed by atoms with Gasteiger partial charge in [-0.15, -0.1) is 0 Å². The van der Waals surface area contributed by atoms with E-state index >= 15 is 0 Å². The van der Waals surface area contributed by atoms with E-state index in [1.807, 2.05) is 36.6 Å². The summed E-state index contributed by atoms with van der Waals surface area (Å²) in [7, 11) is 0. The van der Waals surface area contributed by atoms with E-state index in [0.717, 1.165) is 12.1 Å². The zero-order valence-corrected chi connectivity index (χ0v) is 8.77. The van der Waals surface area contributed by atoms with Gasteiger partial charge in [-0.3, -0.25) is 9.69 Å². The number of carbonyl (C=O) groups is 1. The van der Waals surface area contributed by atoms with Crippen molar-refractivity contribution >= 4 is 40.4 Å². The van der Waals surface area contributed by atoms with Gasteiger partial charge in [0.15, 0.2) is 0 Å². The van der Waals surface area contributed by atoms with Gasteiger partial charge >= 0.3 is 0 Å². The Bertz CT molecular complexity index is 300. The van der Waals surface area contributed by atoms with Crippen molar-refractivity contribution in [3.63, 3.8) is 0 Å². The second-order valence-electron chi connectivity index (χ2n) is 2.28. The third-order valence-electron chi connectivity index (χ3n) is 1.51. The molecule has 68 valence electrons. The number of carbonyl (C=O) groups excluding carboxylic acids is 1. The molecule has 13 heavy (non-hydrogen) atoms. The van der Waals surface area contributed by atoms with Crippen LogP contribution in [0.2, 0.25) is 0 Å². The molecule has 0 aliphatic heterocycles. The van der Waals surface area contributed by atoms with Crippen LogP contribution in [-0.4, -0.2) is 17.0 Å². The summed E-state index contributed by atoms with van der Waals surface area (Å²) < 4.78 is 0.557. The zero-order valence-electron chi connectivity index (χ0n) is 7.14. The largest absolute Gasteiger partial charge is 0.278 e. The van der Waals surface area contributed by atoms with Crippen molar-refractivity contribution < 1.29 is 4.79 Å². The van der Waals surface area contributed by atoms with Gasteiger partial charge in [0, 0.05) is 5.69 Å². The number of anilines is 1. The van der Waals surface area contributed by atoms with Gasteiger partial charge in [-0.05, 0) is 18.4 Å². The van der Waals surface area contributed by atoms with Gasteiger partial charge in [-0.1, -0.05) is 42.2 Å². The van der Waals surface area contributed by atoms with Crippen molar-refractivity contribution in [3.05, 3.63) is 30.3 Å². The number of thioether (sulfide) groups is 1. The predicted molar refractivity (Wildman–Crippen MR) is 61.1 cm³/mol. The molecule has 0 unspecified atom stereocenters. The molecular formula is C9H9NOS2. The molecule has 0 radical (unpaired) electrons. The molecule has 0 saturated heterocycles. The Labute approximate surface area is 86.9 Å². The Morgan fingerprint density at radius 1 is 1.46 bits per heavy atom. The maximum absolute atomic E-state index is 10.7. The van der Waals surface area contributed by atoms with Gasteiger partial charge in [0.1, 0.15) is 4.32 Å². The van der Waals surface area contributed by atoms with Gasteiger partial charge in [0.05, 0.1) is 0 Å². The summed E-state index contributed by atoms with van der Waals surface area (Å²) >= 11 is 6.39. The molecule has 0 saturated carbocycles. The second-order valence-corrected chi connectivity index (χ2v) is 3.72. The van der Waals surface area contributed by atoms with Crippen LogP contribution in [0.5, 0.6) is 0 Å². The fourth-order valence-corrected chi connectivity index (χ4v) is 1.39. The molecule has 0 bridgehead atoms. The normalized spacial score (nSPS) is 9.31. The number of nitrogens with zero attached hydrogens (tertiary/aromatic N) is 1. The summed E-state index contributed by atoms with van der Waals surface area (Å²) in [4.78, 5) is 12.2. The highest BCUT2D eigenvalue weighted by Crippen LogP contribution is 2.15. The molecular weight excluding hydrogens is 202 g/mol. The first-order valence-electron chi connectivity index (χ1n) is 3.67. The number of rotatable bonds is 2. The van der Waals surface area contributed by atoms with Gasteiger partial charge in [0.2, 0.25) is 6.41 Å². The highest BCUT2D eigenvalue weighted by molar-refractivity contribution is 8.23. The SMILES string of the molecule is CSC(=S)N(C=O)c1ccccc1. The van der Waals surface area contributed by atoms with Crippen LogP contribution in [0.15, 0.2) is 30.3 Å². The van der Waals surface area contributed by atoms with Crippen molar-refractivity contribution in [2.45, 2.75) is 0 Å². The highest BCUT2D eigenvalue weighted by Gasteiger charge is 2.08. The van der Waals surface area contributed by atoms with Crippen LogP contribution < -0.4 is 4.90 Å². The van der Waals surface area contributed by atoms with Crippen LogP contribution in [0.25, 0.3) is 0 Å². The molecule has 1 aromatic carbocycles. The lowest BCUT2D eigenvalue weighted by Gasteiger charge is -2.15. The van der Waals surface area contributed by atoms with E-state index in [9.17, 15) is 4.79 Å². The van der Waals surface area contributed by atoms with E-state index in [-0.39, 0.29) is 0 Å². The average molecular weight is 211 g/mol. The van der Waals surface area contributed by atoms with E-state index < -0.39 is 0 Å². The third kappa shape index (κ3) is 2.54. The fourth-order valence-electron chi connectivity index (χ4n) is 0.896. The van der Waals surface area contributed by atoms with E-state index in [4.69, 9.17) is 12.2 Å². The molecule has 0 aromatic heterocycles. The monoisotopic (exact) mass is 211 g/mol. The van der Waals surface area contributed by atoms with E-state index in [1.165, 1.54) is 16.7 Å². The topological polar surface area (TPSA) is 20.3 Å². The van der Waals surface area contributed by atoms with E-state index in [2.05, 4.69) is 0 Å². The first-order chi connectivity index (χ1) is 6.29. The number of thiocarbonyl (C=S) groups is 1. The molecule has 0 aliphatic rings. The van der Waals surface area contributed by atoms with Crippen LogP contribution >= 0.6 is 24.0 Å². The summed E-state index contributed by atoms with van der Waals surface area (Å²) in [6.07, 6.45) is 2.58. The second kappa shape index (κ2) is 4.99. The van der Waals surface area contributed by atoms with E-state index in [1.54, 1.807) is 0 Å². The predicted octanol–water partition coefficient (Wildman–Crippen LogP) is 2.30. The lowest BCUT2D eigenvalue weighted by atomic mass is 10.3. The first-order valence-corrected chi connectivity index (χ1v) is 5.30. The zero-order chi connectivity index (χ0) is 9.68. The van der Waals surface area contributed by atoms with Crippen LogP contribution in [0, 0.1) is 0 Å². The van der Waals surface area contributed by atoms with Gasteiger partial charge in [-0.25, -0.2) is 0 Å². The smallest absolute Gasteiger partial charge is 0.219 e. The molecule has 0 aliphatic carbocycles. The third-order valence-corrected chi connectivity index (χ3v) is 2.75.